The van der Waals surface area contributed by atoms with Gasteiger partial charge in [0.25, 0.3) is 5.91 Å². The fraction of sp³-hybridized carbons (Fsp3) is 0.571. The third kappa shape index (κ3) is 8.80. The van der Waals surface area contributed by atoms with Crippen molar-refractivity contribution >= 4 is 33.8 Å². The van der Waals surface area contributed by atoms with Crippen LogP contribution in [0.4, 0.5) is 4.79 Å². The molecule has 1 aromatic carbocycles. The lowest BCUT2D eigenvalue weighted by molar-refractivity contribution is -0.141. The molecule has 0 spiro atoms. The Morgan fingerprint density at radius 2 is 1.69 bits per heavy atom. The Balaban J connectivity index is 1.04. The first-order chi connectivity index (χ1) is 30.5. The number of hydrogen-bond acceptors (Lipinski definition) is 10. The molecule has 15 heteroatoms. The number of allylic oxidation sites excluding steroid dienone is 3. The van der Waals surface area contributed by atoms with Crippen molar-refractivity contribution in [2.24, 2.45) is 5.92 Å². The first-order valence-electron chi connectivity index (χ1n) is 23.2. The van der Waals surface area contributed by atoms with E-state index in [1.165, 1.54) is 10.5 Å². The molecule has 0 radical (unpaired) electrons. The molecule has 14 nitrogen and oxygen atoms in total. The van der Waals surface area contributed by atoms with Crippen LogP contribution in [-0.2, 0) is 34.6 Å². The average Bonchev–Trinajstić information content (AvgIpc) is 3.92. The first-order valence-corrected chi connectivity index (χ1v) is 24.7. The minimum atomic E-state index is -4.01. The maximum atomic E-state index is 14.9. The van der Waals surface area contributed by atoms with Crippen LogP contribution < -0.4 is 24.8 Å². The number of hydrogen-bond donors (Lipinski definition) is 3. The molecular weight excluding hydrogens is 835 g/mol. The zero-order valence-electron chi connectivity index (χ0n) is 37.3. The Bertz CT molecular complexity index is 2380. The number of nitrogens with zero attached hydrogens (tertiary/aromatic N) is 2. The highest BCUT2D eigenvalue weighted by molar-refractivity contribution is 7.91. The van der Waals surface area contributed by atoms with Gasteiger partial charge in [-0.15, -0.1) is 0 Å². The predicted molar refractivity (Wildman–Crippen MR) is 240 cm³/mol. The smallest absolute Gasteiger partial charge is 0.408 e. The predicted octanol–water partition coefficient (Wildman–Crippen LogP) is 6.80. The number of alkyl carbamates (subject to hydrolysis) is 1. The summed E-state index contributed by atoms with van der Waals surface area (Å²) in [6.45, 7) is 8.08. The minimum Gasteiger partial charge on any atom is -0.484 e. The number of carbonyl (C=O) groups excluding carboxylic acids is 4. The van der Waals surface area contributed by atoms with E-state index < -0.39 is 68.2 Å². The van der Waals surface area contributed by atoms with Crippen LogP contribution in [0.25, 0.3) is 11.3 Å². The molecule has 3 N–H and O–H groups in total. The maximum Gasteiger partial charge on any atom is 0.408 e. The zero-order valence-corrected chi connectivity index (χ0v) is 38.1. The van der Waals surface area contributed by atoms with Gasteiger partial charge in [-0.1, -0.05) is 88.3 Å². The van der Waals surface area contributed by atoms with Gasteiger partial charge in [-0.2, -0.15) is 0 Å². The molecule has 7 aliphatic rings. The molecule has 9 rings (SSSR count). The van der Waals surface area contributed by atoms with Crippen molar-refractivity contribution in [2.45, 2.75) is 163 Å². The van der Waals surface area contributed by atoms with Gasteiger partial charge in [0, 0.05) is 24.0 Å². The average molecular weight is 896 g/mol. The summed E-state index contributed by atoms with van der Waals surface area (Å²) in [5, 5.41) is 5.81. The maximum absolute atomic E-state index is 14.9. The van der Waals surface area contributed by atoms with Gasteiger partial charge in [-0.05, 0) is 88.2 Å². The highest BCUT2D eigenvalue weighted by Crippen LogP contribution is 2.49. The van der Waals surface area contributed by atoms with Crippen LogP contribution in [0.2, 0.25) is 0 Å². The zero-order chi connectivity index (χ0) is 45.0. The molecule has 342 valence electrons. The van der Waals surface area contributed by atoms with Gasteiger partial charge in [-0.25, -0.2) is 18.2 Å². The number of benzene rings is 1. The highest BCUT2D eigenvalue weighted by atomic mass is 32.2. The van der Waals surface area contributed by atoms with Gasteiger partial charge < -0.3 is 29.7 Å². The molecule has 0 bridgehead atoms. The van der Waals surface area contributed by atoms with Crippen LogP contribution >= 0.6 is 0 Å². The van der Waals surface area contributed by atoms with Crippen molar-refractivity contribution in [1.82, 2.24) is 25.2 Å². The van der Waals surface area contributed by atoms with Crippen LogP contribution in [0.1, 0.15) is 128 Å². The van der Waals surface area contributed by atoms with Crippen LogP contribution in [0, 0.1) is 5.92 Å². The molecule has 1 aromatic heterocycles. The van der Waals surface area contributed by atoms with Gasteiger partial charge in [0.05, 0.1) is 28.6 Å². The molecule has 7 atom stereocenters. The second-order valence-electron chi connectivity index (χ2n) is 20.1. The number of amides is 4. The number of aromatic nitrogens is 1. The summed E-state index contributed by atoms with van der Waals surface area (Å²) in [7, 11) is -4.01. The second-order valence-corrected chi connectivity index (χ2v) is 22.3. The van der Waals surface area contributed by atoms with E-state index >= 15 is 0 Å². The van der Waals surface area contributed by atoms with Crippen molar-refractivity contribution in [3.63, 3.8) is 0 Å². The molecule has 1 saturated heterocycles. The fourth-order valence-corrected chi connectivity index (χ4v) is 11.1. The molecule has 3 aliphatic heterocycles. The summed E-state index contributed by atoms with van der Waals surface area (Å²) in [6, 6.07) is 8.03. The monoisotopic (exact) mass is 895 g/mol. The molecule has 4 fully saturated rings. The second kappa shape index (κ2) is 17.0. The molecule has 64 heavy (non-hydrogen) atoms. The first kappa shape index (κ1) is 44.0. The standard InChI is InChI=1S/C49H61N5O9S/c1-47(2,3)31-22-20-30(21-23-31)37-27-40(42-41(50-37)35-17-12-13-19-39(35)63-42)61-34-26-38-43(55)52-49(45(57)53-64(59,60)48(4)24-25-48)28-32(49)14-8-6-5-7-9-18-36(44(56)54(38)29-34)51-46(58)62-33-15-10-11-16-33/h8,12-14,17,19-23,27,32-36,38-39H,5-7,9-11,15-16,18,24-26,28-29H2,1-4H3,(H,51,58)(H,52,55)(H,53,57)/b14-8-/t32-,34-,35?,36+,38+,39?,49-/m1/s1. The van der Waals surface area contributed by atoms with Crippen LogP contribution in [0.15, 0.2) is 66.8 Å². The van der Waals surface area contributed by atoms with E-state index in [2.05, 4.69) is 54.3 Å². The van der Waals surface area contributed by atoms with Crippen molar-refractivity contribution in [3.8, 4) is 22.8 Å². The summed E-state index contributed by atoms with van der Waals surface area (Å²) in [5.41, 5.74) is 1.91. The third-order valence-electron chi connectivity index (χ3n) is 14.3. The minimum absolute atomic E-state index is 0.0125. The highest BCUT2D eigenvalue weighted by Gasteiger charge is 2.63. The molecule has 2 unspecified atom stereocenters. The quantitative estimate of drug-likeness (QED) is 0.239. The van der Waals surface area contributed by atoms with E-state index in [4.69, 9.17) is 19.2 Å². The number of rotatable bonds is 8. The summed E-state index contributed by atoms with van der Waals surface area (Å²) in [4.78, 5) is 63.6. The normalized spacial score (nSPS) is 30.3. The van der Waals surface area contributed by atoms with Crippen molar-refractivity contribution < 1.29 is 41.8 Å². The van der Waals surface area contributed by atoms with Crippen LogP contribution in [0.5, 0.6) is 11.5 Å². The lowest BCUT2D eigenvalue weighted by Gasteiger charge is -2.30. The van der Waals surface area contributed by atoms with E-state index in [9.17, 15) is 27.6 Å². The van der Waals surface area contributed by atoms with Crippen molar-refractivity contribution in [2.75, 3.05) is 6.54 Å². The Morgan fingerprint density at radius 1 is 0.953 bits per heavy atom. The van der Waals surface area contributed by atoms with Gasteiger partial charge in [0.1, 0.15) is 35.9 Å². The van der Waals surface area contributed by atoms with Crippen LogP contribution in [-0.4, -0.2) is 89.3 Å². The Morgan fingerprint density at radius 3 is 2.42 bits per heavy atom. The SMILES string of the molecule is CC(C)(C)c1ccc(-c2cc(O[C@@H]3C[C@H]4C(=O)N[C@]5(C(=O)NS(=O)(=O)C6(C)CC6)C[C@H]5/C=C\CCCCC[C@H](NC(=O)OC5CCCC5)C(=O)N4C3)c3c(n2)C2C=CC=CC2O3)cc1. The van der Waals surface area contributed by atoms with Gasteiger partial charge >= 0.3 is 6.09 Å². The van der Waals surface area contributed by atoms with E-state index in [1.807, 2.05) is 48.6 Å². The summed E-state index contributed by atoms with van der Waals surface area (Å²) >= 11 is 0. The summed E-state index contributed by atoms with van der Waals surface area (Å²) in [6.07, 6.45) is 17.8. The topological polar surface area (TPSA) is 182 Å². The van der Waals surface area contributed by atoms with Crippen molar-refractivity contribution in [3.05, 3.63) is 78.0 Å². The summed E-state index contributed by atoms with van der Waals surface area (Å²) < 4.78 is 47.0. The van der Waals surface area contributed by atoms with E-state index in [0.717, 1.165) is 49.8 Å². The number of fused-ring (bicyclic) bond motifs is 5. The van der Waals surface area contributed by atoms with E-state index in [1.54, 1.807) is 6.92 Å². The number of pyridine rings is 1. The number of nitrogens with one attached hydrogen (secondary N) is 3. The van der Waals surface area contributed by atoms with Gasteiger partial charge in [0.15, 0.2) is 11.5 Å². The Labute approximate surface area is 376 Å². The molecule has 4 heterocycles. The molecular formula is C49H61N5O9S. The number of carbonyl (C=O) groups is 4. The lowest BCUT2D eigenvalue weighted by atomic mass is 9.86. The van der Waals surface area contributed by atoms with Crippen LogP contribution in [0.3, 0.4) is 0 Å². The molecule has 2 aromatic rings. The Hall–Kier alpha value is -5.18. The molecule has 4 amide bonds. The lowest BCUT2D eigenvalue weighted by Crippen LogP contribution is -2.58. The number of ether oxygens (including phenoxy) is 3. The van der Waals surface area contributed by atoms with E-state index in [0.29, 0.717) is 49.3 Å². The Kier molecular flexibility index (Phi) is 11.7. The van der Waals surface area contributed by atoms with Gasteiger partial charge in [0.2, 0.25) is 21.8 Å². The third-order valence-corrected chi connectivity index (χ3v) is 16.5. The van der Waals surface area contributed by atoms with E-state index in [-0.39, 0.29) is 42.9 Å². The van der Waals surface area contributed by atoms with Crippen molar-refractivity contribution in [1.29, 1.82) is 0 Å². The number of sulfonamides is 1. The molecule has 4 aliphatic carbocycles. The largest absolute Gasteiger partial charge is 0.484 e. The fourth-order valence-electron chi connectivity index (χ4n) is 9.79. The summed E-state index contributed by atoms with van der Waals surface area (Å²) in [5.74, 6) is -1.54. The van der Waals surface area contributed by atoms with Gasteiger partial charge in [-0.3, -0.25) is 19.1 Å². The molecule has 3 saturated carbocycles.